The van der Waals surface area contributed by atoms with E-state index in [4.69, 9.17) is 0 Å². The molecule has 0 nitrogen and oxygen atoms in total. The Hall–Kier alpha value is -0.260. The molecule has 0 aliphatic carbocycles. The maximum absolute atomic E-state index is 2.49. The molecule has 0 heteroatoms. The highest BCUT2D eigenvalue weighted by Crippen LogP contribution is 2.16. The second-order valence-electron chi connectivity index (χ2n) is 10.1. The van der Waals surface area contributed by atoms with Gasteiger partial charge in [0.25, 0.3) is 0 Å². The third-order valence-corrected chi connectivity index (χ3v) is 6.70. The van der Waals surface area contributed by atoms with Crippen molar-refractivity contribution in [2.24, 2.45) is 5.92 Å². The van der Waals surface area contributed by atoms with Crippen LogP contribution in [0.4, 0.5) is 0 Å². The highest BCUT2D eigenvalue weighted by atomic mass is 14.0. The van der Waals surface area contributed by atoms with Gasteiger partial charge in [0.1, 0.15) is 0 Å². The Morgan fingerprint density at radius 2 is 0.767 bits per heavy atom. The molecule has 0 aliphatic rings. The summed E-state index contributed by atoms with van der Waals surface area (Å²) in [6.07, 6.45) is 39.5. The first kappa shape index (κ1) is 29.7. The Bertz CT molecular complexity index is 316. The minimum Gasteiger partial charge on any atom is -0.0883 e. The van der Waals surface area contributed by atoms with Gasteiger partial charge in [-0.15, -0.1) is 0 Å². The maximum atomic E-state index is 2.49. The number of rotatable bonds is 25. The van der Waals surface area contributed by atoms with Gasteiger partial charge in [0.2, 0.25) is 0 Å². The minimum absolute atomic E-state index is 0.788. The molecule has 0 N–H and O–H groups in total. The van der Waals surface area contributed by atoms with Crippen LogP contribution < -0.4 is 0 Å². The quantitative estimate of drug-likeness (QED) is 0.102. The van der Waals surface area contributed by atoms with E-state index in [1.807, 2.05) is 0 Å². The Balaban J connectivity index is 3.21. The van der Waals surface area contributed by atoms with Crippen molar-refractivity contribution in [3.8, 4) is 0 Å². The smallest absolute Gasteiger partial charge is 0.0262 e. The van der Waals surface area contributed by atoms with E-state index in [1.165, 1.54) is 154 Å². The van der Waals surface area contributed by atoms with Gasteiger partial charge in [-0.05, 0) is 25.2 Å². The predicted octanol–water partition coefficient (Wildman–Crippen LogP) is 11.6. The van der Waals surface area contributed by atoms with Crippen LogP contribution in [0, 0.1) is 5.92 Å². The van der Waals surface area contributed by atoms with Crippen LogP contribution in [-0.2, 0) is 0 Å². The van der Waals surface area contributed by atoms with Gasteiger partial charge in [0, 0.05) is 0 Å². The number of allylic oxidation sites excluding steroid dienone is 2. The van der Waals surface area contributed by atoms with Gasteiger partial charge >= 0.3 is 0 Å². The molecule has 0 saturated carbocycles. The highest BCUT2D eigenvalue weighted by Gasteiger charge is 1.98. The lowest BCUT2D eigenvalue weighted by atomic mass is 10.00. The van der Waals surface area contributed by atoms with E-state index in [-0.39, 0.29) is 0 Å². The van der Waals surface area contributed by atoms with E-state index in [1.54, 1.807) is 0 Å². The molecule has 1 atom stereocenters. The topological polar surface area (TPSA) is 0 Å². The molecule has 0 heterocycles. The Labute approximate surface area is 193 Å². The summed E-state index contributed by atoms with van der Waals surface area (Å²) in [5.41, 5.74) is 0. The van der Waals surface area contributed by atoms with Gasteiger partial charge in [-0.25, -0.2) is 0 Å². The van der Waals surface area contributed by atoms with Crippen molar-refractivity contribution in [2.75, 3.05) is 0 Å². The van der Waals surface area contributed by atoms with Crippen LogP contribution in [0.3, 0.4) is 0 Å². The zero-order chi connectivity index (χ0) is 22.0. The van der Waals surface area contributed by atoms with Gasteiger partial charge in [-0.1, -0.05) is 168 Å². The first-order valence-corrected chi connectivity index (χ1v) is 14.5. The normalized spacial score (nSPS) is 12.8. The summed E-state index contributed by atoms with van der Waals surface area (Å²) < 4.78 is 0. The molecule has 0 amide bonds. The Kier molecular flexibility index (Phi) is 26.5. The van der Waals surface area contributed by atoms with Crippen molar-refractivity contribution in [3.63, 3.8) is 0 Å². The zero-order valence-corrected chi connectivity index (χ0v) is 21.7. The SMILES string of the molecule is CCCCCCCCCCCCCCC=CC(C)CCCCCCCCCCCC. The average molecular weight is 421 g/mol. The summed E-state index contributed by atoms with van der Waals surface area (Å²) in [4.78, 5) is 0. The first-order valence-electron chi connectivity index (χ1n) is 14.5. The van der Waals surface area contributed by atoms with Crippen LogP contribution in [0.2, 0.25) is 0 Å². The fourth-order valence-electron chi connectivity index (χ4n) is 4.48. The second kappa shape index (κ2) is 26.8. The van der Waals surface area contributed by atoms with Crippen molar-refractivity contribution >= 4 is 0 Å². The molecule has 0 aromatic heterocycles. The molecule has 0 radical (unpaired) electrons. The summed E-state index contributed by atoms with van der Waals surface area (Å²) in [6, 6.07) is 0. The van der Waals surface area contributed by atoms with E-state index in [0.717, 1.165) is 5.92 Å². The molecule has 0 rings (SSSR count). The minimum atomic E-state index is 0.788. The van der Waals surface area contributed by atoms with Crippen LogP contribution in [0.5, 0.6) is 0 Å². The largest absolute Gasteiger partial charge is 0.0883 e. The predicted molar refractivity (Wildman–Crippen MR) is 140 cm³/mol. The molecule has 0 aliphatic heterocycles. The van der Waals surface area contributed by atoms with E-state index in [2.05, 4.69) is 32.9 Å². The van der Waals surface area contributed by atoms with E-state index >= 15 is 0 Å². The molecule has 0 bridgehead atoms. The average Bonchev–Trinajstić information content (AvgIpc) is 2.75. The Morgan fingerprint density at radius 1 is 0.433 bits per heavy atom. The van der Waals surface area contributed by atoms with Crippen LogP contribution in [0.15, 0.2) is 12.2 Å². The van der Waals surface area contributed by atoms with Crippen molar-refractivity contribution in [1.29, 1.82) is 0 Å². The van der Waals surface area contributed by atoms with Crippen LogP contribution in [0.25, 0.3) is 0 Å². The molecule has 0 spiro atoms. The molecule has 0 saturated heterocycles. The van der Waals surface area contributed by atoms with Gasteiger partial charge in [0.15, 0.2) is 0 Å². The zero-order valence-electron chi connectivity index (χ0n) is 21.7. The maximum Gasteiger partial charge on any atom is -0.0262 e. The number of hydrogen-bond acceptors (Lipinski definition) is 0. The van der Waals surface area contributed by atoms with Gasteiger partial charge in [0.05, 0.1) is 0 Å². The second-order valence-corrected chi connectivity index (χ2v) is 10.1. The Morgan fingerprint density at radius 3 is 1.17 bits per heavy atom. The third-order valence-electron chi connectivity index (χ3n) is 6.70. The molecular weight excluding hydrogens is 360 g/mol. The lowest BCUT2D eigenvalue weighted by Crippen LogP contribution is -1.90. The van der Waals surface area contributed by atoms with Gasteiger partial charge in [-0.2, -0.15) is 0 Å². The first-order chi connectivity index (χ1) is 14.8. The van der Waals surface area contributed by atoms with Crippen LogP contribution in [-0.4, -0.2) is 0 Å². The summed E-state index contributed by atoms with van der Waals surface area (Å²) in [7, 11) is 0. The summed E-state index contributed by atoms with van der Waals surface area (Å²) in [5.74, 6) is 0.788. The van der Waals surface area contributed by atoms with Crippen molar-refractivity contribution < 1.29 is 0 Å². The lowest BCUT2D eigenvalue weighted by molar-refractivity contribution is 0.525. The van der Waals surface area contributed by atoms with E-state index < -0.39 is 0 Å². The molecule has 30 heavy (non-hydrogen) atoms. The number of hydrogen-bond donors (Lipinski definition) is 0. The summed E-state index contributed by atoms with van der Waals surface area (Å²) >= 11 is 0. The van der Waals surface area contributed by atoms with Gasteiger partial charge < -0.3 is 0 Å². The molecule has 0 aromatic rings. The van der Waals surface area contributed by atoms with Crippen molar-refractivity contribution in [1.82, 2.24) is 0 Å². The fraction of sp³-hybridized carbons (Fsp3) is 0.933. The summed E-state index contributed by atoms with van der Waals surface area (Å²) in [6.45, 7) is 7.01. The van der Waals surface area contributed by atoms with Crippen molar-refractivity contribution in [3.05, 3.63) is 12.2 Å². The summed E-state index contributed by atoms with van der Waals surface area (Å²) in [5, 5.41) is 0. The van der Waals surface area contributed by atoms with Gasteiger partial charge in [-0.3, -0.25) is 0 Å². The van der Waals surface area contributed by atoms with Crippen molar-refractivity contribution in [2.45, 2.75) is 175 Å². The third kappa shape index (κ3) is 25.8. The monoisotopic (exact) mass is 420 g/mol. The standard InChI is InChI=1S/C30H60/c1-4-6-8-10-12-14-16-17-18-19-21-23-25-27-29-30(3)28-26-24-22-20-15-13-11-9-7-5-2/h27,29-30H,4-26,28H2,1-3H3. The molecular formula is C30H60. The highest BCUT2D eigenvalue weighted by molar-refractivity contribution is 4.86. The molecule has 0 fully saturated rings. The van der Waals surface area contributed by atoms with E-state index in [9.17, 15) is 0 Å². The van der Waals surface area contributed by atoms with E-state index in [0.29, 0.717) is 0 Å². The number of unbranched alkanes of at least 4 members (excludes halogenated alkanes) is 21. The fourth-order valence-corrected chi connectivity index (χ4v) is 4.48. The molecule has 0 aromatic carbocycles. The van der Waals surface area contributed by atoms with Crippen LogP contribution >= 0.6 is 0 Å². The lowest BCUT2D eigenvalue weighted by Gasteiger charge is -2.06. The molecule has 1 unspecified atom stereocenters. The molecule has 180 valence electrons. The van der Waals surface area contributed by atoms with Crippen LogP contribution in [0.1, 0.15) is 175 Å².